The monoisotopic (exact) mass is 413 g/mol. The van der Waals surface area contributed by atoms with Crippen LogP contribution in [0.2, 0.25) is 10.0 Å². The molecule has 2 aliphatic rings. The van der Waals surface area contributed by atoms with Crippen molar-refractivity contribution < 1.29 is 19.1 Å². The van der Waals surface area contributed by atoms with Crippen molar-refractivity contribution in [1.82, 2.24) is 4.90 Å². The Balaban J connectivity index is 1.84. The van der Waals surface area contributed by atoms with E-state index in [-0.39, 0.29) is 18.6 Å². The second-order valence-electron chi connectivity index (χ2n) is 7.12. The van der Waals surface area contributed by atoms with Gasteiger partial charge in [-0.2, -0.15) is 0 Å². The van der Waals surface area contributed by atoms with Gasteiger partial charge < -0.3 is 14.4 Å². The summed E-state index contributed by atoms with van der Waals surface area (Å²) in [7, 11) is 0. The van der Waals surface area contributed by atoms with Gasteiger partial charge in [-0.25, -0.2) is 4.79 Å². The zero-order chi connectivity index (χ0) is 19.4. The molecule has 5 nitrogen and oxygen atoms in total. The van der Waals surface area contributed by atoms with E-state index in [1.165, 1.54) is 0 Å². The molecular formula is C20H25Cl2NO4. The van der Waals surface area contributed by atoms with Crippen molar-refractivity contribution in [1.29, 1.82) is 0 Å². The van der Waals surface area contributed by atoms with Gasteiger partial charge in [0, 0.05) is 41.3 Å². The lowest BCUT2D eigenvalue weighted by Gasteiger charge is -2.31. The molecule has 1 aromatic rings. The van der Waals surface area contributed by atoms with Gasteiger partial charge in [-0.15, -0.1) is 0 Å². The van der Waals surface area contributed by atoms with E-state index in [0.717, 1.165) is 32.3 Å². The van der Waals surface area contributed by atoms with Crippen LogP contribution in [0, 0.1) is 5.92 Å². The number of hydrogen-bond donors (Lipinski definition) is 0. The molecule has 2 fully saturated rings. The minimum Gasteiger partial charge on any atom is -0.464 e. The average molecular weight is 414 g/mol. The first-order valence-electron chi connectivity index (χ1n) is 9.51. The molecule has 3 rings (SSSR count). The molecule has 0 bridgehead atoms. The third-order valence-corrected chi connectivity index (χ3v) is 5.63. The second-order valence-corrected chi connectivity index (χ2v) is 7.96. The van der Waals surface area contributed by atoms with Gasteiger partial charge in [0.25, 0.3) is 0 Å². The minimum absolute atomic E-state index is 0.0338. The summed E-state index contributed by atoms with van der Waals surface area (Å²) in [6, 6.07) is 4.20. The summed E-state index contributed by atoms with van der Waals surface area (Å²) >= 11 is 12.4. The number of hydrogen-bond acceptors (Lipinski definition) is 4. The van der Waals surface area contributed by atoms with Gasteiger partial charge in [0.1, 0.15) is 0 Å². The smallest absolute Gasteiger partial charge is 0.333 e. The number of carbonyl (C=O) groups excluding carboxylic acids is 2. The topological polar surface area (TPSA) is 55.8 Å². The zero-order valence-corrected chi connectivity index (χ0v) is 17.0. The molecule has 0 radical (unpaired) electrons. The first kappa shape index (κ1) is 20.4. The van der Waals surface area contributed by atoms with Crippen LogP contribution in [-0.2, 0) is 19.1 Å². The lowest BCUT2D eigenvalue weighted by Crippen LogP contribution is -2.41. The Kier molecular flexibility index (Phi) is 7.01. The van der Waals surface area contributed by atoms with Gasteiger partial charge in [0.15, 0.2) is 6.04 Å². The molecule has 7 heteroatoms. The van der Waals surface area contributed by atoms with Crippen LogP contribution in [0.25, 0.3) is 0 Å². The highest BCUT2D eigenvalue weighted by molar-refractivity contribution is 6.35. The molecule has 1 heterocycles. The number of benzene rings is 1. The van der Waals surface area contributed by atoms with Gasteiger partial charge >= 0.3 is 5.97 Å². The van der Waals surface area contributed by atoms with Crippen LogP contribution in [0.15, 0.2) is 18.2 Å². The highest BCUT2D eigenvalue weighted by Crippen LogP contribution is 2.39. The van der Waals surface area contributed by atoms with Crippen molar-refractivity contribution in [3.8, 4) is 0 Å². The molecule has 1 saturated carbocycles. The molecule has 2 atom stereocenters. The third-order valence-electron chi connectivity index (χ3n) is 5.06. The molecule has 1 saturated heterocycles. The Morgan fingerprint density at radius 1 is 1.30 bits per heavy atom. The maximum atomic E-state index is 13.1. The van der Waals surface area contributed by atoms with Crippen molar-refractivity contribution in [2.45, 2.75) is 51.1 Å². The van der Waals surface area contributed by atoms with Crippen molar-refractivity contribution in [2.75, 3.05) is 19.8 Å². The van der Waals surface area contributed by atoms with E-state index in [4.69, 9.17) is 32.7 Å². The maximum Gasteiger partial charge on any atom is 0.333 e. The summed E-state index contributed by atoms with van der Waals surface area (Å²) in [6.45, 7) is 3.46. The van der Waals surface area contributed by atoms with Crippen LogP contribution in [0.3, 0.4) is 0 Å². The molecule has 0 aromatic heterocycles. The van der Waals surface area contributed by atoms with E-state index in [1.54, 1.807) is 30.0 Å². The van der Waals surface area contributed by atoms with Crippen molar-refractivity contribution >= 4 is 35.1 Å². The van der Waals surface area contributed by atoms with E-state index >= 15 is 0 Å². The van der Waals surface area contributed by atoms with E-state index in [9.17, 15) is 9.59 Å². The van der Waals surface area contributed by atoms with Crippen molar-refractivity contribution in [2.24, 2.45) is 5.92 Å². The van der Waals surface area contributed by atoms with E-state index in [1.807, 2.05) is 0 Å². The average Bonchev–Trinajstić information content (AvgIpc) is 3.32. The molecule has 1 aromatic carbocycles. The maximum absolute atomic E-state index is 13.1. The molecule has 0 N–H and O–H groups in total. The molecular weight excluding hydrogens is 389 g/mol. The number of carbonyl (C=O) groups is 2. The molecule has 1 aliphatic carbocycles. The van der Waals surface area contributed by atoms with Crippen LogP contribution in [0.5, 0.6) is 0 Å². The fraction of sp³-hybridized carbons (Fsp3) is 0.600. The standard InChI is InChI=1S/C20H25Cl2NO4/c1-2-27-20(25)19(16-7-4-14(21)11-17(16)22)23(15-5-6-15)18(24)8-3-13-9-10-26-12-13/h4,7,11,13,15,19H,2-3,5-6,8-10,12H2,1H3/t13-,19+/m0/s1. The van der Waals surface area contributed by atoms with Crippen LogP contribution in [0.4, 0.5) is 0 Å². The number of nitrogens with zero attached hydrogens (tertiary/aromatic N) is 1. The van der Waals surface area contributed by atoms with E-state index < -0.39 is 12.0 Å². The SMILES string of the molecule is CCOC(=O)[C@@H](c1ccc(Cl)cc1Cl)N(C(=O)CC[C@H]1CCOC1)C1CC1. The second kappa shape index (κ2) is 9.26. The Morgan fingerprint density at radius 3 is 2.67 bits per heavy atom. The lowest BCUT2D eigenvalue weighted by molar-refractivity contribution is -0.156. The normalized spacial score (nSPS) is 20.3. The Hall–Kier alpha value is -1.30. The zero-order valence-electron chi connectivity index (χ0n) is 15.5. The molecule has 0 spiro atoms. The fourth-order valence-corrected chi connectivity index (χ4v) is 4.03. The summed E-state index contributed by atoms with van der Waals surface area (Å²) in [5.41, 5.74) is 0.559. The van der Waals surface area contributed by atoms with E-state index in [0.29, 0.717) is 34.6 Å². The first-order valence-corrected chi connectivity index (χ1v) is 10.3. The predicted molar refractivity (Wildman–Crippen MR) is 104 cm³/mol. The number of esters is 1. The highest BCUT2D eigenvalue weighted by atomic mass is 35.5. The Labute approximate surface area is 169 Å². The summed E-state index contributed by atoms with van der Waals surface area (Å²) in [4.78, 5) is 27.6. The first-order chi connectivity index (χ1) is 13.0. The minimum atomic E-state index is -0.838. The van der Waals surface area contributed by atoms with Gasteiger partial charge in [-0.1, -0.05) is 29.3 Å². The van der Waals surface area contributed by atoms with Crippen molar-refractivity contribution in [3.05, 3.63) is 33.8 Å². The van der Waals surface area contributed by atoms with Gasteiger partial charge in [0.05, 0.1) is 6.61 Å². The molecule has 0 unspecified atom stereocenters. The fourth-order valence-electron chi connectivity index (χ4n) is 3.51. The van der Waals surface area contributed by atoms with Crippen LogP contribution >= 0.6 is 23.2 Å². The number of ether oxygens (including phenoxy) is 2. The molecule has 27 heavy (non-hydrogen) atoms. The highest BCUT2D eigenvalue weighted by Gasteiger charge is 2.42. The summed E-state index contributed by atoms with van der Waals surface area (Å²) in [6.07, 6.45) is 3.93. The van der Waals surface area contributed by atoms with Crippen LogP contribution in [0.1, 0.15) is 50.6 Å². The quantitative estimate of drug-likeness (QED) is 0.592. The summed E-state index contributed by atoms with van der Waals surface area (Å²) in [5, 5.41) is 0.847. The summed E-state index contributed by atoms with van der Waals surface area (Å²) < 4.78 is 10.7. The van der Waals surface area contributed by atoms with Crippen LogP contribution < -0.4 is 0 Å². The van der Waals surface area contributed by atoms with Gasteiger partial charge in [-0.3, -0.25) is 4.79 Å². The predicted octanol–water partition coefficient (Wildman–Crippen LogP) is 4.41. The number of rotatable bonds is 8. The number of amides is 1. The lowest BCUT2D eigenvalue weighted by atomic mass is 10.0. The van der Waals surface area contributed by atoms with Gasteiger partial charge in [0.2, 0.25) is 5.91 Å². The molecule has 1 amide bonds. The van der Waals surface area contributed by atoms with Crippen LogP contribution in [-0.4, -0.2) is 42.6 Å². The molecule has 1 aliphatic heterocycles. The third kappa shape index (κ3) is 5.15. The molecule has 148 valence electrons. The Morgan fingerprint density at radius 2 is 2.07 bits per heavy atom. The van der Waals surface area contributed by atoms with Crippen molar-refractivity contribution in [3.63, 3.8) is 0 Å². The largest absolute Gasteiger partial charge is 0.464 e. The summed E-state index contributed by atoms with van der Waals surface area (Å²) in [5.74, 6) is -0.0743. The Bertz CT molecular complexity index is 687. The van der Waals surface area contributed by atoms with E-state index in [2.05, 4.69) is 0 Å². The van der Waals surface area contributed by atoms with Gasteiger partial charge in [-0.05, 0) is 50.7 Å². The number of halogens is 2.